The van der Waals surface area contributed by atoms with Crippen molar-refractivity contribution in [1.29, 1.82) is 1.43 Å². The normalized spacial score (nSPS) is 18.5. The number of likely N-dealkylation sites (tertiary alicyclic amines) is 1. The molecule has 174 valence electrons. The van der Waals surface area contributed by atoms with Crippen LogP contribution in [0.25, 0.3) is 18.2 Å². The number of benzene rings is 2. The quantitative estimate of drug-likeness (QED) is 0.292. The predicted molar refractivity (Wildman–Crippen MR) is 124 cm³/mol. The van der Waals surface area contributed by atoms with E-state index in [-0.39, 0.29) is 42.3 Å². The van der Waals surface area contributed by atoms with Gasteiger partial charge in [-0.25, -0.2) is 0 Å². The lowest BCUT2D eigenvalue weighted by atomic mass is 10.1. The van der Waals surface area contributed by atoms with Gasteiger partial charge < -0.3 is 15.1 Å². The number of nitrogens with zero attached hydrogens (tertiary/aromatic N) is 3. The van der Waals surface area contributed by atoms with Gasteiger partial charge in [0, 0.05) is 33.2 Å². The molecule has 2 aromatic rings. The number of rotatable bonds is 6. The lowest BCUT2D eigenvalue weighted by Crippen LogP contribution is -2.32. The van der Waals surface area contributed by atoms with Crippen LogP contribution in [0.5, 0.6) is 0 Å². The number of hydrogen-bond donors (Lipinski definition) is 2. The number of hydrogen-bond acceptors (Lipinski definition) is 7. The van der Waals surface area contributed by atoms with Gasteiger partial charge in [0.05, 0.1) is 27.6 Å². The maximum atomic E-state index is 12.3. The molecule has 10 heteroatoms. The molecule has 0 radical (unpaired) electrons. The second-order valence-corrected chi connectivity index (χ2v) is 7.12. The van der Waals surface area contributed by atoms with E-state index in [2.05, 4.69) is 5.11 Å². The topological polar surface area (TPSA) is 147 Å². The molecule has 1 fully saturated rings. The zero-order valence-electron chi connectivity index (χ0n) is 19.9. The van der Waals surface area contributed by atoms with Crippen LogP contribution in [0, 0.1) is 20.2 Å². The van der Waals surface area contributed by atoms with Crippen LogP contribution >= 0.6 is 0 Å². The van der Waals surface area contributed by atoms with Gasteiger partial charge >= 0.3 is 0 Å². The van der Waals surface area contributed by atoms with E-state index in [1.54, 1.807) is 36.4 Å². The summed E-state index contributed by atoms with van der Waals surface area (Å²) in [6.45, 7) is 0.274. The third kappa shape index (κ3) is 6.79. The molecule has 0 saturated carbocycles. The number of non-ortho nitro benzene ring substituents is 1. The highest BCUT2D eigenvalue weighted by atomic mass is 16.6. The number of aliphatic hydroxyl groups excluding tert-OH is 2. The number of β-amino-alcohol motifs (C(OH)–C–C–N with tert-alkyl or cyclic N) is 1. The van der Waals surface area contributed by atoms with E-state index in [1.165, 1.54) is 36.3 Å². The maximum absolute atomic E-state index is 12.3. The average Bonchev–Trinajstić information content (AvgIpc) is 3.23. The molecule has 2 aromatic carbocycles. The number of amides is 1. The second kappa shape index (κ2) is 11.7. The van der Waals surface area contributed by atoms with Crippen molar-refractivity contribution in [2.24, 2.45) is 0 Å². The zero-order valence-corrected chi connectivity index (χ0v) is 17.9. The van der Waals surface area contributed by atoms with Gasteiger partial charge in [0.15, 0.2) is 0 Å². The Morgan fingerprint density at radius 2 is 1.79 bits per heavy atom. The number of carbonyl (C=O) groups is 1. The van der Waals surface area contributed by atoms with Gasteiger partial charge in [-0.2, -0.15) is 0 Å². The molecular formula is C23H25N3O7. The van der Waals surface area contributed by atoms with Crippen molar-refractivity contribution in [3.8, 4) is 0 Å². The molecule has 0 unspecified atom stereocenters. The van der Waals surface area contributed by atoms with E-state index in [0.717, 1.165) is 17.2 Å². The zero-order chi connectivity index (χ0) is 26.0. The highest BCUT2D eigenvalue weighted by molar-refractivity contribution is 5.92. The summed E-state index contributed by atoms with van der Waals surface area (Å²) >= 11 is 0. The first-order chi connectivity index (χ1) is 16.7. The molecule has 1 amide bonds. The van der Waals surface area contributed by atoms with E-state index in [4.69, 9.17) is 2.80 Å². The van der Waals surface area contributed by atoms with Gasteiger partial charge in [0.1, 0.15) is 0 Å². The molecule has 1 heterocycles. The summed E-state index contributed by atoms with van der Waals surface area (Å²) in [6, 6.07) is 10.3. The monoisotopic (exact) mass is 458 g/mol. The van der Waals surface area contributed by atoms with Crippen molar-refractivity contribution in [3.05, 3.63) is 85.5 Å². The summed E-state index contributed by atoms with van der Waals surface area (Å²) in [5, 5.41) is 35.3. The van der Waals surface area contributed by atoms with Gasteiger partial charge in [0.25, 0.3) is 11.4 Å². The van der Waals surface area contributed by atoms with Crippen LogP contribution in [0.15, 0.2) is 48.5 Å². The van der Waals surface area contributed by atoms with Crippen LogP contribution in [0.1, 0.15) is 31.4 Å². The minimum atomic E-state index is -0.684. The molecule has 1 aliphatic rings. The third-order valence-electron chi connectivity index (χ3n) is 4.91. The molecule has 0 spiro atoms. The van der Waals surface area contributed by atoms with Crippen molar-refractivity contribution in [2.75, 3.05) is 13.7 Å². The summed E-state index contributed by atoms with van der Waals surface area (Å²) < 4.78 is 13.2. The Kier molecular flexibility index (Phi) is 7.88. The van der Waals surface area contributed by atoms with Gasteiger partial charge in [-0.1, -0.05) is 30.3 Å². The third-order valence-corrected chi connectivity index (χ3v) is 4.91. The molecule has 33 heavy (non-hydrogen) atoms. The minimum Gasteiger partial charge on any atom is -0.400 e. The molecule has 0 aromatic heterocycles. The van der Waals surface area contributed by atoms with Gasteiger partial charge in [-0.3, -0.25) is 25.0 Å². The van der Waals surface area contributed by atoms with Crippen LogP contribution in [0.4, 0.5) is 11.4 Å². The van der Waals surface area contributed by atoms with Gasteiger partial charge in [-0.05, 0) is 42.7 Å². The Labute approximate surface area is 193 Å². The van der Waals surface area contributed by atoms with E-state index < -0.39 is 16.0 Å². The molecule has 2 atom stereocenters. The molecule has 0 bridgehead atoms. The van der Waals surface area contributed by atoms with Crippen LogP contribution in [0.3, 0.4) is 0 Å². The summed E-state index contributed by atoms with van der Waals surface area (Å²) in [5.41, 5.74) is 1.05. The van der Waals surface area contributed by atoms with E-state index in [1.807, 2.05) is 0 Å². The van der Waals surface area contributed by atoms with Crippen molar-refractivity contribution < 1.29 is 26.2 Å². The van der Waals surface area contributed by atoms with Gasteiger partial charge in [0.2, 0.25) is 7.34 Å². The number of aliphatic hydroxyl groups is 2. The molecular weight excluding hydrogens is 430 g/mol. The van der Waals surface area contributed by atoms with Crippen LogP contribution in [-0.2, 0) is 4.79 Å². The fourth-order valence-corrected chi connectivity index (χ4v) is 3.27. The number of nitro groups is 2. The fourth-order valence-electron chi connectivity index (χ4n) is 3.27. The Hall–Kier alpha value is -3.89. The Balaban J connectivity index is 0.00000137. The number of carbonyl (C=O) groups excluding carboxylic acids is 1. The first-order valence-corrected chi connectivity index (χ1v) is 9.86. The molecule has 3 rings (SSSR count). The summed E-state index contributed by atoms with van der Waals surface area (Å²) in [7, 11) is 1.29. The molecule has 0 aliphatic carbocycles. The maximum Gasteiger partial charge on any atom is 0.283 e. The van der Waals surface area contributed by atoms with Crippen LogP contribution < -0.4 is 0 Å². The van der Waals surface area contributed by atoms with E-state index >= 15 is 0 Å². The van der Waals surface area contributed by atoms with Crippen molar-refractivity contribution in [1.82, 2.24) is 4.90 Å². The first-order valence-electron chi connectivity index (χ1n) is 11.0. The summed E-state index contributed by atoms with van der Waals surface area (Å²) in [5.74, 6) is -0.256. The second-order valence-electron chi connectivity index (χ2n) is 7.12. The van der Waals surface area contributed by atoms with Crippen LogP contribution in [0.2, 0.25) is 0 Å². The predicted octanol–water partition coefficient (Wildman–Crippen LogP) is 3.28. The summed E-state index contributed by atoms with van der Waals surface area (Å²) in [4.78, 5) is 34.6. The Morgan fingerprint density at radius 3 is 2.36 bits per heavy atom. The Morgan fingerprint density at radius 1 is 1.15 bits per heavy atom. The highest BCUT2D eigenvalue weighted by Crippen LogP contribution is 2.26. The lowest BCUT2D eigenvalue weighted by Gasteiger charge is -2.18. The van der Waals surface area contributed by atoms with Crippen molar-refractivity contribution in [3.63, 3.8) is 0 Å². The highest BCUT2D eigenvalue weighted by Gasteiger charge is 2.29. The smallest absolute Gasteiger partial charge is 0.283 e. The average molecular weight is 458 g/mol. The first kappa shape index (κ1) is 22.3. The molecule has 2 N–H and O–H groups in total. The fraction of sp³-hybridized carbons (Fsp3) is 0.261. The van der Waals surface area contributed by atoms with Crippen molar-refractivity contribution >= 4 is 35.5 Å². The standard InChI is InChI=1S/C22H21N3O6.CH4O/c1-15-12-20(26)14-23(15)22(27)11-7-17-4-2-16(3-5-17)6-8-18-9-10-19(24(28)29)13-21(18)25(30)31;1-2/h2-11,13,15,20,26H,12,14H2,1H3;2H,1H3/b8-6+,11-7+;/t15-,20-;/m1./s1/i1D;2T. The SMILES string of the molecule is [2H]C[C@@H]1C[C@@H](O)CN1C(=O)/C=C/c1ccc(/C=C/c2ccc([N+](=O)[O-])cc2[N+](=O)[O-])cc1.[3H]OC. The minimum absolute atomic E-state index is 0.0462. The molecule has 10 nitrogen and oxygen atoms in total. The molecule has 1 aliphatic heterocycles. The van der Waals surface area contributed by atoms with Crippen LogP contribution in [-0.4, -0.2) is 58.1 Å². The number of nitro benzene ring substituents is 2. The molecule has 1 saturated heterocycles. The van der Waals surface area contributed by atoms with Crippen molar-refractivity contribution in [2.45, 2.75) is 25.5 Å². The largest absolute Gasteiger partial charge is 0.400 e. The van der Waals surface area contributed by atoms with E-state index in [9.17, 15) is 30.1 Å². The summed E-state index contributed by atoms with van der Waals surface area (Å²) in [6.07, 6.45) is 6.03. The van der Waals surface area contributed by atoms with E-state index in [0.29, 0.717) is 6.42 Å². The lowest BCUT2D eigenvalue weighted by molar-refractivity contribution is -0.394. The van der Waals surface area contributed by atoms with Gasteiger partial charge in [-0.15, -0.1) is 0 Å². The Bertz CT molecular complexity index is 1110.